The van der Waals surface area contributed by atoms with Gasteiger partial charge in [-0.3, -0.25) is 4.79 Å². The second kappa shape index (κ2) is 5.82. The highest BCUT2D eigenvalue weighted by molar-refractivity contribution is 7.89. The average Bonchev–Trinajstić information content (AvgIpc) is 2.28. The van der Waals surface area contributed by atoms with Gasteiger partial charge < -0.3 is 5.11 Å². The van der Waals surface area contributed by atoms with Crippen LogP contribution in [0.5, 0.6) is 0 Å². The maximum absolute atomic E-state index is 12.1. The van der Waals surface area contributed by atoms with Crippen molar-refractivity contribution < 1.29 is 18.3 Å². The Kier molecular flexibility index (Phi) is 4.94. The van der Waals surface area contributed by atoms with Crippen LogP contribution in [0.1, 0.15) is 33.1 Å². The van der Waals surface area contributed by atoms with Gasteiger partial charge in [-0.2, -0.15) is 0 Å². The van der Waals surface area contributed by atoms with Crippen molar-refractivity contribution in [1.29, 1.82) is 0 Å². The van der Waals surface area contributed by atoms with E-state index < -0.39 is 21.9 Å². The van der Waals surface area contributed by atoms with E-state index in [2.05, 4.69) is 0 Å². The molecular formula is C11H21NO4S. The molecule has 2 unspecified atom stereocenters. The number of hydrogen-bond donors (Lipinski definition) is 1. The van der Waals surface area contributed by atoms with E-state index in [-0.39, 0.29) is 18.2 Å². The smallest absolute Gasteiger partial charge is 0.307 e. The molecule has 5 nitrogen and oxygen atoms in total. The molecule has 0 saturated carbocycles. The molecular weight excluding hydrogens is 242 g/mol. The number of aliphatic carboxylic acids is 1. The quantitative estimate of drug-likeness (QED) is 0.807. The van der Waals surface area contributed by atoms with E-state index in [0.717, 1.165) is 6.42 Å². The summed E-state index contributed by atoms with van der Waals surface area (Å²) in [6.45, 7) is 4.45. The molecule has 0 aliphatic carbocycles. The Hall–Kier alpha value is -0.620. The summed E-state index contributed by atoms with van der Waals surface area (Å²) in [5, 5.41) is 8.93. The van der Waals surface area contributed by atoms with Gasteiger partial charge in [-0.05, 0) is 18.8 Å². The third-order valence-corrected chi connectivity index (χ3v) is 5.43. The molecule has 1 rings (SSSR count). The fourth-order valence-corrected chi connectivity index (χ4v) is 3.96. The number of carboxylic acid groups (broad SMARTS) is 1. The van der Waals surface area contributed by atoms with Gasteiger partial charge in [-0.15, -0.1) is 0 Å². The van der Waals surface area contributed by atoms with E-state index in [1.54, 1.807) is 0 Å². The predicted octanol–water partition coefficient (Wildman–Crippen LogP) is 1.16. The SMILES string of the molecule is CCC(C)CS(=O)(=O)N1CCCC(C(=O)O)C1. The zero-order chi connectivity index (χ0) is 13.1. The molecule has 0 spiro atoms. The lowest BCUT2D eigenvalue weighted by molar-refractivity contribution is -0.142. The number of piperidine rings is 1. The maximum Gasteiger partial charge on any atom is 0.307 e. The minimum atomic E-state index is -3.29. The standard InChI is InChI=1S/C11H21NO4S/c1-3-9(2)8-17(15,16)12-6-4-5-10(7-12)11(13)14/h9-10H,3-8H2,1-2H3,(H,13,14). The van der Waals surface area contributed by atoms with Crippen LogP contribution in [0.2, 0.25) is 0 Å². The number of carbonyl (C=O) groups is 1. The van der Waals surface area contributed by atoms with Crippen molar-refractivity contribution in [2.75, 3.05) is 18.8 Å². The second-order valence-electron chi connectivity index (χ2n) is 4.83. The van der Waals surface area contributed by atoms with Crippen LogP contribution in [0.4, 0.5) is 0 Å². The summed E-state index contributed by atoms with van der Waals surface area (Å²) in [4.78, 5) is 10.9. The molecule has 0 amide bonds. The highest BCUT2D eigenvalue weighted by Crippen LogP contribution is 2.21. The summed E-state index contributed by atoms with van der Waals surface area (Å²) in [5.74, 6) is -1.20. The van der Waals surface area contributed by atoms with Crippen molar-refractivity contribution in [2.24, 2.45) is 11.8 Å². The van der Waals surface area contributed by atoms with Crippen molar-refractivity contribution >= 4 is 16.0 Å². The van der Waals surface area contributed by atoms with Gasteiger partial charge in [0, 0.05) is 13.1 Å². The lowest BCUT2D eigenvalue weighted by Gasteiger charge is -2.30. The Morgan fingerprint density at radius 3 is 2.71 bits per heavy atom. The summed E-state index contributed by atoms with van der Waals surface area (Å²) < 4.78 is 25.5. The number of rotatable bonds is 5. The maximum atomic E-state index is 12.1. The van der Waals surface area contributed by atoms with E-state index in [0.29, 0.717) is 19.4 Å². The number of hydrogen-bond acceptors (Lipinski definition) is 3. The minimum Gasteiger partial charge on any atom is -0.481 e. The van der Waals surface area contributed by atoms with Gasteiger partial charge >= 0.3 is 5.97 Å². The summed E-state index contributed by atoms with van der Waals surface area (Å²) in [6.07, 6.45) is 2.02. The highest BCUT2D eigenvalue weighted by atomic mass is 32.2. The Labute approximate surface area is 103 Å². The van der Waals surface area contributed by atoms with Crippen LogP contribution in [0.3, 0.4) is 0 Å². The molecule has 1 fully saturated rings. The Morgan fingerprint density at radius 1 is 1.53 bits per heavy atom. The van der Waals surface area contributed by atoms with Gasteiger partial charge in [0.05, 0.1) is 11.7 Å². The fraction of sp³-hybridized carbons (Fsp3) is 0.909. The molecule has 6 heteroatoms. The molecule has 0 aromatic rings. The van der Waals surface area contributed by atoms with Crippen molar-refractivity contribution in [3.05, 3.63) is 0 Å². The Balaban J connectivity index is 2.68. The molecule has 100 valence electrons. The van der Waals surface area contributed by atoms with Gasteiger partial charge in [0.25, 0.3) is 0 Å². The first-order valence-corrected chi connectivity index (χ1v) is 7.68. The number of nitrogens with zero attached hydrogens (tertiary/aromatic N) is 1. The van der Waals surface area contributed by atoms with Gasteiger partial charge in [0.2, 0.25) is 10.0 Å². The van der Waals surface area contributed by atoms with E-state index >= 15 is 0 Å². The van der Waals surface area contributed by atoms with E-state index in [4.69, 9.17) is 5.11 Å². The Bertz CT molecular complexity index is 366. The first kappa shape index (κ1) is 14.4. The molecule has 0 aromatic carbocycles. The minimum absolute atomic E-state index is 0.116. The van der Waals surface area contributed by atoms with Crippen LogP contribution in [-0.4, -0.2) is 42.6 Å². The molecule has 1 aliphatic rings. The van der Waals surface area contributed by atoms with Crippen molar-refractivity contribution in [3.8, 4) is 0 Å². The number of sulfonamides is 1. The molecule has 1 saturated heterocycles. The van der Waals surface area contributed by atoms with Gasteiger partial charge in [-0.25, -0.2) is 12.7 Å². The van der Waals surface area contributed by atoms with Crippen LogP contribution >= 0.6 is 0 Å². The van der Waals surface area contributed by atoms with E-state index in [9.17, 15) is 13.2 Å². The third kappa shape index (κ3) is 3.96. The summed E-state index contributed by atoms with van der Waals surface area (Å²) in [7, 11) is -3.29. The largest absolute Gasteiger partial charge is 0.481 e. The molecule has 0 radical (unpaired) electrons. The van der Waals surface area contributed by atoms with Crippen molar-refractivity contribution in [2.45, 2.75) is 33.1 Å². The van der Waals surface area contributed by atoms with Crippen LogP contribution in [0.25, 0.3) is 0 Å². The van der Waals surface area contributed by atoms with Crippen LogP contribution in [0, 0.1) is 11.8 Å². The zero-order valence-electron chi connectivity index (χ0n) is 10.4. The molecule has 1 N–H and O–H groups in total. The monoisotopic (exact) mass is 263 g/mol. The normalized spacial score (nSPS) is 24.5. The lowest BCUT2D eigenvalue weighted by Crippen LogP contribution is -2.44. The van der Waals surface area contributed by atoms with Crippen LogP contribution in [0.15, 0.2) is 0 Å². The first-order valence-electron chi connectivity index (χ1n) is 6.07. The summed E-state index contributed by atoms with van der Waals surface area (Å²) in [5.41, 5.74) is 0. The highest BCUT2D eigenvalue weighted by Gasteiger charge is 2.32. The molecule has 0 bridgehead atoms. The second-order valence-corrected chi connectivity index (χ2v) is 6.84. The van der Waals surface area contributed by atoms with Gasteiger partial charge in [-0.1, -0.05) is 20.3 Å². The Morgan fingerprint density at radius 2 is 2.18 bits per heavy atom. The molecule has 0 aromatic heterocycles. The first-order chi connectivity index (χ1) is 7.86. The predicted molar refractivity (Wildman–Crippen MR) is 65.2 cm³/mol. The van der Waals surface area contributed by atoms with E-state index in [1.807, 2.05) is 13.8 Å². The topological polar surface area (TPSA) is 74.7 Å². The van der Waals surface area contributed by atoms with E-state index in [1.165, 1.54) is 4.31 Å². The average molecular weight is 263 g/mol. The zero-order valence-corrected chi connectivity index (χ0v) is 11.2. The van der Waals surface area contributed by atoms with Gasteiger partial charge in [0.1, 0.15) is 0 Å². The summed E-state index contributed by atoms with van der Waals surface area (Å²) >= 11 is 0. The van der Waals surface area contributed by atoms with Crippen molar-refractivity contribution in [1.82, 2.24) is 4.31 Å². The summed E-state index contributed by atoms with van der Waals surface area (Å²) in [6, 6.07) is 0. The molecule has 1 heterocycles. The van der Waals surface area contributed by atoms with Crippen molar-refractivity contribution in [3.63, 3.8) is 0 Å². The van der Waals surface area contributed by atoms with Gasteiger partial charge in [0.15, 0.2) is 0 Å². The molecule has 1 aliphatic heterocycles. The third-order valence-electron chi connectivity index (χ3n) is 3.32. The molecule has 17 heavy (non-hydrogen) atoms. The molecule has 2 atom stereocenters. The lowest BCUT2D eigenvalue weighted by atomic mass is 10.0. The van der Waals surface area contributed by atoms with Crippen LogP contribution in [-0.2, 0) is 14.8 Å². The number of carboxylic acids is 1. The fourth-order valence-electron chi connectivity index (χ4n) is 1.98. The van der Waals surface area contributed by atoms with Crippen LogP contribution < -0.4 is 0 Å².